The van der Waals surface area contributed by atoms with Gasteiger partial charge in [-0.25, -0.2) is 0 Å². The average Bonchev–Trinajstić information content (AvgIpc) is 2.55. The molecule has 0 aromatic carbocycles. The Bertz CT molecular complexity index is 469. The van der Waals surface area contributed by atoms with E-state index in [9.17, 15) is 9.59 Å². The van der Waals surface area contributed by atoms with Crippen LogP contribution in [0.3, 0.4) is 0 Å². The van der Waals surface area contributed by atoms with E-state index >= 15 is 0 Å². The van der Waals surface area contributed by atoms with Crippen LogP contribution in [0.2, 0.25) is 0 Å². The summed E-state index contributed by atoms with van der Waals surface area (Å²) in [6, 6.07) is 0. The largest absolute Gasteiger partial charge is 0.371 e. The normalized spacial score (nSPS) is 24.7. The van der Waals surface area contributed by atoms with E-state index in [1.165, 1.54) is 24.2 Å². The minimum Gasteiger partial charge on any atom is -0.371 e. The lowest BCUT2D eigenvalue weighted by Crippen LogP contribution is -2.55. The molecule has 2 saturated heterocycles. The van der Waals surface area contributed by atoms with Crippen molar-refractivity contribution in [2.24, 2.45) is 0 Å². The van der Waals surface area contributed by atoms with E-state index < -0.39 is 0 Å². The van der Waals surface area contributed by atoms with E-state index in [0.717, 1.165) is 12.8 Å². The van der Waals surface area contributed by atoms with Gasteiger partial charge >= 0.3 is 0 Å². The van der Waals surface area contributed by atoms with Gasteiger partial charge in [0.25, 0.3) is 0 Å². The molecule has 7 heteroatoms. The summed E-state index contributed by atoms with van der Waals surface area (Å²) in [5.74, 6) is 0.103. The van der Waals surface area contributed by atoms with E-state index in [-0.39, 0.29) is 17.4 Å². The maximum absolute atomic E-state index is 12.5. The molecule has 0 bridgehead atoms. The molecule has 1 aliphatic carbocycles. The Kier molecular flexibility index (Phi) is 5.16. The van der Waals surface area contributed by atoms with Crippen molar-refractivity contribution in [3.63, 3.8) is 0 Å². The first-order chi connectivity index (χ1) is 11.1. The molecule has 0 aromatic heterocycles. The Labute approximate surface area is 142 Å². The Morgan fingerprint density at radius 3 is 2.83 bits per heavy atom. The van der Waals surface area contributed by atoms with Crippen molar-refractivity contribution in [1.82, 2.24) is 15.1 Å². The predicted octanol–water partition coefficient (Wildman–Crippen LogP) is 1.04. The van der Waals surface area contributed by atoms with Crippen LogP contribution in [0.5, 0.6) is 0 Å². The van der Waals surface area contributed by atoms with Crippen molar-refractivity contribution in [3.8, 4) is 0 Å². The summed E-state index contributed by atoms with van der Waals surface area (Å²) in [4.78, 5) is 27.9. The van der Waals surface area contributed by atoms with Crippen molar-refractivity contribution < 1.29 is 14.3 Å². The highest BCUT2D eigenvalue weighted by Gasteiger charge is 2.39. The molecule has 2 heterocycles. The summed E-state index contributed by atoms with van der Waals surface area (Å²) < 4.78 is 6.03. The van der Waals surface area contributed by atoms with Gasteiger partial charge in [-0.15, -0.1) is 0 Å². The molecule has 2 aliphatic heterocycles. The topological polar surface area (TPSA) is 61.9 Å². The molecule has 6 nitrogen and oxygen atoms in total. The second-order valence-corrected chi connectivity index (χ2v) is 7.07. The number of ether oxygens (including phenoxy) is 1. The molecule has 2 amide bonds. The van der Waals surface area contributed by atoms with Gasteiger partial charge in [-0.3, -0.25) is 14.5 Å². The number of hydrogen-bond donors (Lipinski definition) is 1. The molecule has 1 N–H and O–H groups in total. The molecular formula is C16H25N3O3S. The predicted molar refractivity (Wildman–Crippen MR) is 89.9 cm³/mol. The minimum atomic E-state index is -0.121. The van der Waals surface area contributed by atoms with Crippen molar-refractivity contribution in [2.75, 3.05) is 32.8 Å². The highest BCUT2D eigenvalue weighted by molar-refractivity contribution is 7.80. The molecule has 1 spiro atoms. The molecule has 128 valence electrons. The smallest absolute Gasteiger partial charge is 0.230 e. The fraction of sp³-hybridized carbons (Fsp3) is 0.812. The number of carbonyl (C=O) groups excluding carboxylic acids is 2. The lowest BCUT2D eigenvalue weighted by Gasteiger charge is -2.45. The quantitative estimate of drug-likeness (QED) is 0.779. The van der Waals surface area contributed by atoms with Crippen LogP contribution in [-0.4, -0.2) is 65.1 Å². The fourth-order valence-corrected chi connectivity index (χ4v) is 4.06. The van der Waals surface area contributed by atoms with Crippen LogP contribution in [0, 0.1) is 0 Å². The number of carbonyl (C=O) groups is 2. The van der Waals surface area contributed by atoms with Crippen LogP contribution in [-0.2, 0) is 14.3 Å². The van der Waals surface area contributed by atoms with Gasteiger partial charge in [-0.05, 0) is 25.1 Å². The zero-order valence-electron chi connectivity index (χ0n) is 13.5. The van der Waals surface area contributed by atoms with Crippen LogP contribution in [0.1, 0.15) is 44.9 Å². The van der Waals surface area contributed by atoms with Gasteiger partial charge in [0.15, 0.2) is 5.11 Å². The first kappa shape index (κ1) is 16.6. The van der Waals surface area contributed by atoms with Crippen molar-refractivity contribution in [1.29, 1.82) is 0 Å². The number of nitrogens with one attached hydrogen (secondary N) is 1. The number of nitrogens with zero attached hydrogens (tertiary/aromatic N) is 2. The number of hydrogen-bond acceptors (Lipinski definition) is 4. The third-order valence-electron chi connectivity index (χ3n) is 5.08. The molecule has 3 aliphatic rings. The highest BCUT2D eigenvalue weighted by atomic mass is 32.1. The standard InChI is InChI=1S/C16H25N3O3S/c20-13(5-9-19-14(21)4-8-17-15(19)23)18-10-11-22-16(12-18)6-2-1-3-7-16/h1-12H2,(H,17,23). The van der Waals surface area contributed by atoms with Crippen LogP contribution in [0.4, 0.5) is 0 Å². The van der Waals surface area contributed by atoms with Crippen LogP contribution in [0.15, 0.2) is 0 Å². The van der Waals surface area contributed by atoms with Gasteiger partial charge in [0.05, 0.1) is 12.2 Å². The molecule has 3 rings (SSSR count). The summed E-state index contributed by atoms with van der Waals surface area (Å²) in [6.45, 7) is 2.93. The highest BCUT2D eigenvalue weighted by Crippen LogP contribution is 2.34. The average molecular weight is 339 g/mol. The molecule has 0 unspecified atom stereocenters. The van der Waals surface area contributed by atoms with Crippen molar-refractivity contribution in [2.45, 2.75) is 50.5 Å². The van der Waals surface area contributed by atoms with E-state index in [0.29, 0.717) is 50.7 Å². The molecule has 0 radical (unpaired) electrons. The minimum absolute atomic E-state index is 0.00674. The van der Waals surface area contributed by atoms with Crippen LogP contribution < -0.4 is 5.32 Å². The van der Waals surface area contributed by atoms with Gasteiger partial charge in [-0.2, -0.15) is 0 Å². The summed E-state index contributed by atoms with van der Waals surface area (Å²) in [6.07, 6.45) is 6.50. The number of morpholine rings is 1. The van der Waals surface area contributed by atoms with Gasteiger partial charge in [0, 0.05) is 39.0 Å². The third-order valence-corrected chi connectivity index (χ3v) is 5.44. The Morgan fingerprint density at radius 2 is 2.09 bits per heavy atom. The molecule has 23 heavy (non-hydrogen) atoms. The number of amides is 2. The SMILES string of the molecule is O=C(CCN1C(=O)CCNC1=S)N1CCOC2(CCCCC2)C1. The number of rotatable bonds is 3. The van der Waals surface area contributed by atoms with Crippen molar-refractivity contribution in [3.05, 3.63) is 0 Å². The number of thiocarbonyl (C=S) groups is 1. The Hall–Kier alpha value is -1.21. The first-order valence-electron chi connectivity index (χ1n) is 8.60. The lowest BCUT2D eigenvalue weighted by atomic mass is 9.83. The van der Waals surface area contributed by atoms with Gasteiger partial charge in [0.2, 0.25) is 11.8 Å². The molecular weight excluding hydrogens is 314 g/mol. The molecule has 0 atom stereocenters. The monoisotopic (exact) mass is 339 g/mol. The Morgan fingerprint density at radius 1 is 1.30 bits per heavy atom. The second kappa shape index (κ2) is 7.13. The van der Waals surface area contributed by atoms with E-state index in [1.807, 2.05) is 4.90 Å². The van der Waals surface area contributed by atoms with E-state index in [4.69, 9.17) is 17.0 Å². The van der Waals surface area contributed by atoms with Gasteiger partial charge in [-0.1, -0.05) is 19.3 Å². The van der Waals surface area contributed by atoms with Gasteiger partial charge < -0.3 is 15.0 Å². The van der Waals surface area contributed by atoms with E-state index in [1.54, 1.807) is 0 Å². The van der Waals surface area contributed by atoms with Crippen LogP contribution >= 0.6 is 12.2 Å². The summed E-state index contributed by atoms with van der Waals surface area (Å²) in [5.41, 5.74) is -0.121. The summed E-state index contributed by atoms with van der Waals surface area (Å²) in [7, 11) is 0. The second-order valence-electron chi connectivity index (χ2n) is 6.68. The zero-order chi connectivity index (χ0) is 16.3. The summed E-state index contributed by atoms with van der Waals surface area (Å²) >= 11 is 5.16. The van der Waals surface area contributed by atoms with Gasteiger partial charge in [0.1, 0.15) is 0 Å². The molecule has 0 aromatic rings. The zero-order valence-corrected chi connectivity index (χ0v) is 14.3. The summed E-state index contributed by atoms with van der Waals surface area (Å²) in [5, 5.41) is 3.45. The van der Waals surface area contributed by atoms with Crippen LogP contribution in [0.25, 0.3) is 0 Å². The molecule has 3 fully saturated rings. The molecule has 1 saturated carbocycles. The van der Waals surface area contributed by atoms with Crippen molar-refractivity contribution >= 4 is 29.1 Å². The van der Waals surface area contributed by atoms with E-state index in [2.05, 4.69) is 5.32 Å². The maximum Gasteiger partial charge on any atom is 0.230 e. The maximum atomic E-state index is 12.5. The lowest BCUT2D eigenvalue weighted by molar-refractivity contribution is -0.156. The third kappa shape index (κ3) is 3.83. The first-order valence-corrected chi connectivity index (χ1v) is 9.00. The fourth-order valence-electron chi connectivity index (χ4n) is 3.77. The Balaban J connectivity index is 1.53.